The normalized spacial score (nSPS) is 20.1. The number of nitrogens with zero attached hydrogens (tertiary/aromatic N) is 2. The Morgan fingerprint density at radius 2 is 1.90 bits per heavy atom. The van der Waals surface area contributed by atoms with Gasteiger partial charge in [-0.15, -0.1) is 0 Å². The molecule has 1 N–H and O–H groups in total. The molecule has 2 aliphatic heterocycles. The molecule has 1 aromatic rings. The Labute approximate surface area is 125 Å². The van der Waals surface area contributed by atoms with Crippen molar-refractivity contribution in [3.8, 4) is 5.75 Å². The standard InChI is InChI=1S/C16H23N3O2/c1-21-15-4-2-13(3-5-15)10-16(20)19-11-14(12-19)18-8-6-17-7-9-18/h2-5,14,17H,6-12H2,1H3. The number of benzene rings is 1. The van der Waals surface area contributed by atoms with Gasteiger partial charge in [-0.05, 0) is 17.7 Å². The van der Waals surface area contributed by atoms with Crippen LogP contribution in [0.15, 0.2) is 24.3 Å². The van der Waals surface area contributed by atoms with Crippen molar-refractivity contribution in [2.24, 2.45) is 0 Å². The molecular formula is C16H23N3O2. The topological polar surface area (TPSA) is 44.8 Å². The van der Waals surface area contributed by atoms with Gasteiger partial charge in [-0.3, -0.25) is 9.69 Å². The number of carbonyl (C=O) groups is 1. The SMILES string of the molecule is COc1ccc(CC(=O)N2CC(N3CCNCC3)C2)cc1. The Kier molecular flexibility index (Phi) is 4.41. The largest absolute Gasteiger partial charge is 0.497 e. The first-order valence-corrected chi connectivity index (χ1v) is 7.62. The molecule has 0 atom stereocenters. The molecule has 5 heteroatoms. The highest BCUT2D eigenvalue weighted by Gasteiger charge is 2.34. The van der Waals surface area contributed by atoms with E-state index in [4.69, 9.17) is 4.74 Å². The third-order valence-corrected chi connectivity index (χ3v) is 4.40. The van der Waals surface area contributed by atoms with Crippen LogP contribution < -0.4 is 10.1 Å². The molecule has 3 rings (SSSR count). The maximum absolute atomic E-state index is 12.2. The summed E-state index contributed by atoms with van der Waals surface area (Å²) in [6.07, 6.45) is 0.484. The molecule has 0 unspecified atom stereocenters. The molecule has 1 aromatic carbocycles. The summed E-state index contributed by atoms with van der Waals surface area (Å²) < 4.78 is 5.13. The quantitative estimate of drug-likeness (QED) is 0.869. The molecule has 2 heterocycles. The Hall–Kier alpha value is -1.59. The van der Waals surface area contributed by atoms with E-state index in [-0.39, 0.29) is 5.91 Å². The summed E-state index contributed by atoms with van der Waals surface area (Å²) >= 11 is 0. The number of methoxy groups -OCH3 is 1. The summed E-state index contributed by atoms with van der Waals surface area (Å²) in [5.41, 5.74) is 1.05. The first-order valence-electron chi connectivity index (χ1n) is 7.62. The van der Waals surface area contributed by atoms with Gasteiger partial charge < -0.3 is 15.0 Å². The average Bonchev–Trinajstić information content (AvgIpc) is 2.47. The minimum Gasteiger partial charge on any atom is -0.497 e. The van der Waals surface area contributed by atoms with Crippen LogP contribution in [0.3, 0.4) is 0 Å². The van der Waals surface area contributed by atoms with Gasteiger partial charge in [0.05, 0.1) is 13.5 Å². The van der Waals surface area contributed by atoms with Crippen LogP contribution in [-0.4, -0.2) is 68.1 Å². The maximum Gasteiger partial charge on any atom is 0.227 e. The van der Waals surface area contributed by atoms with E-state index in [0.29, 0.717) is 12.5 Å². The summed E-state index contributed by atoms with van der Waals surface area (Å²) in [6.45, 7) is 6.10. The van der Waals surface area contributed by atoms with Crippen molar-refractivity contribution >= 4 is 5.91 Å². The summed E-state index contributed by atoms with van der Waals surface area (Å²) in [5.74, 6) is 1.06. The number of nitrogens with one attached hydrogen (secondary N) is 1. The molecule has 5 nitrogen and oxygen atoms in total. The van der Waals surface area contributed by atoms with Gasteiger partial charge in [0.2, 0.25) is 5.91 Å². The molecule has 0 spiro atoms. The summed E-state index contributed by atoms with van der Waals surface area (Å²) in [5, 5.41) is 3.36. The van der Waals surface area contributed by atoms with Gasteiger partial charge in [-0.2, -0.15) is 0 Å². The first kappa shape index (κ1) is 14.4. The molecule has 0 radical (unpaired) electrons. The van der Waals surface area contributed by atoms with Gasteiger partial charge in [-0.1, -0.05) is 12.1 Å². The summed E-state index contributed by atoms with van der Waals surface area (Å²) in [7, 11) is 1.65. The van der Waals surface area contributed by atoms with Crippen molar-refractivity contribution in [3.05, 3.63) is 29.8 Å². The van der Waals surface area contributed by atoms with Crippen molar-refractivity contribution in [2.45, 2.75) is 12.5 Å². The van der Waals surface area contributed by atoms with Crippen LogP contribution in [0.5, 0.6) is 5.75 Å². The van der Waals surface area contributed by atoms with E-state index in [2.05, 4.69) is 10.2 Å². The molecule has 0 aromatic heterocycles. The van der Waals surface area contributed by atoms with E-state index in [9.17, 15) is 4.79 Å². The lowest BCUT2D eigenvalue weighted by atomic mass is 10.0. The minimum absolute atomic E-state index is 0.228. The van der Waals surface area contributed by atoms with Gasteiger partial charge in [0.15, 0.2) is 0 Å². The number of hydrogen-bond donors (Lipinski definition) is 1. The molecule has 2 aliphatic rings. The Morgan fingerprint density at radius 3 is 2.52 bits per heavy atom. The lowest BCUT2D eigenvalue weighted by molar-refractivity contribution is -0.138. The van der Waals surface area contributed by atoms with Crippen molar-refractivity contribution in [1.29, 1.82) is 0 Å². The number of likely N-dealkylation sites (tertiary alicyclic amines) is 1. The van der Waals surface area contributed by atoms with E-state index >= 15 is 0 Å². The van der Waals surface area contributed by atoms with Gasteiger partial charge >= 0.3 is 0 Å². The van der Waals surface area contributed by atoms with Crippen LogP contribution >= 0.6 is 0 Å². The molecule has 1 amide bonds. The van der Waals surface area contributed by atoms with Crippen LogP contribution in [0.2, 0.25) is 0 Å². The second-order valence-corrected chi connectivity index (χ2v) is 5.76. The summed E-state index contributed by atoms with van der Waals surface area (Å²) in [4.78, 5) is 16.7. The van der Waals surface area contributed by atoms with Crippen LogP contribution in [0, 0.1) is 0 Å². The number of piperazine rings is 1. The Morgan fingerprint density at radius 1 is 1.24 bits per heavy atom. The lowest BCUT2D eigenvalue weighted by Crippen LogP contribution is -2.64. The van der Waals surface area contributed by atoms with E-state index in [1.54, 1.807) is 7.11 Å². The van der Waals surface area contributed by atoms with Crippen molar-refractivity contribution in [2.75, 3.05) is 46.4 Å². The fraction of sp³-hybridized carbons (Fsp3) is 0.562. The van der Waals surface area contributed by atoms with Gasteiger partial charge in [0.1, 0.15) is 5.75 Å². The monoisotopic (exact) mass is 289 g/mol. The van der Waals surface area contributed by atoms with E-state index in [0.717, 1.165) is 50.6 Å². The van der Waals surface area contributed by atoms with Crippen LogP contribution in [-0.2, 0) is 11.2 Å². The third-order valence-electron chi connectivity index (χ3n) is 4.40. The predicted octanol–water partition coefficient (Wildman–Crippen LogP) is 0.354. The number of ether oxygens (including phenoxy) is 1. The van der Waals surface area contributed by atoms with Crippen LogP contribution in [0.25, 0.3) is 0 Å². The molecule has 114 valence electrons. The fourth-order valence-corrected chi connectivity index (χ4v) is 2.97. The highest BCUT2D eigenvalue weighted by molar-refractivity contribution is 5.79. The third kappa shape index (κ3) is 3.36. The molecule has 21 heavy (non-hydrogen) atoms. The van der Waals surface area contributed by atoms with Crippen LogP contribution in [0.1, 0.15) is 5.56 Å². The molecular weight excluding hydrogens is 266 g/mol. The Bertz CT molecular complexity index is 477. The zero-order valence-electron chi connectivity index (χ0n) is 12.5. The number of amides is 1. The summed E-state index contributed by atoms with van der Waals surface area (Å²) in [6, 6.07) is 8.30. The van der Waals surface area contributed by atoms with Crippen molar-refractivity contribution < 1.29 is 9.53 Å². The maximum atomic E-state index is 12.2. The highest BCUT2D eigenvalue weighted by Crippen LogP contribution is 2.18. The highest BCUT2D eigenvalue weighted by atomic mass is 16.5. The number of carbonyl (C=O) groups excluding carboxylic acids is 1. The molecule has 0 bridgehead atoms. The van der Waals surface area contributed by atoms with Crippen molar-refractivity contribution in [3.63, 3.8) is 0 Å². The van der Waals surface area contributed by atoms with E-state index in [1.807, 2.05) is 29.2 Å². The second-order valence-electron chi connectivity index (χ2n) is 5.76. The lowest BCUT2D eigenvalue weighted by Gasteiger charge is -2.46. The number of hydrogen-bond acceptors (Lipinski definition) is 4. The van der Waals surface area contributed by atoms with Crippen LogP contribution in [0.4, 0.5) is 0 Å². The molecule has 2 fully saturated rings. The fourth-order valence-electron chi connectivity index (χ4n) is 2.97. The predicted molar refractivity (Wildman–Crippen MR) is 81.5 cm³/mol. The molecule has 0 saturated carbocycles. The van der Waals surface area contributed by atoms with E-state index in [1.165, 1.54) is 0 Å². The zero-order valence-corrected chi connectivity index (χ0v) is 12.5. The second kappa shape index (κ2) is 6.45. The van der Waals surface area contributed by atoms with Gasteiger partial charge in [0, 0.05) is 45.3 Å². The minimum atomic E-state index is 0.228. The van der Waals surface area contributed by atoms with Crippen molar-refractivity contribution in [1.82, 2.24) is 15.1 Å². The molecule has 0 aliphatic carbocycles. The zero-order chi connectivity index (χ0) is 14.7. The first-order chi connectivity index (χ1) is 10.3. The van der Waals surface area contributed by atoms with E-state index < -0.39 is 0 Å². The Balaban J connectivity index is 1.46. The smallest absolute Gasteiger partial charge is 0.227 e. The average molecular weight is 289 g/mol. The number of rotatable bonds is 4. The van der Waals surface area contributed by atoms with Gasteiger partial charge in [-0.25, -0.2) is 0 Å². The van der Waals surface area contributed by atoms with Gasteiger partial charge in [0.25, 0.3) is 0 Å². The molecule has 2 saturated heterocycles.